The number of nitrogens with zero attached hydrogens (tertiary/aromatic N) is 2. The average molecular weight is 266 g/mol. The van der Waals surface area contributed by atoms with Crippen LogP contribution in [-0.4, -0.2) is 9.55 Å². The molecule has 0 bridgehead atoms. The number of pyridine rings is 2. The minimum atomic E-state index is -0.0186. The molecular weight excluding hydrogens is 252 g/mol. The van der Waals surface area contributed by atoms with E-state index in [2.05, 4.69) is 10.4 Å². The minimum absolute atomic E-state index is 0.0186. The Balaban J connectivity index is 2.07. The molecule has 0 unspecified atom stereocenters. The van der Waals surface area contributed by atoms with E-state index in [0.29, 0.717) is 17.7 Å². The van der Waals surface area contributed by atoms with Crippen LogP contribution in [0.15, 0.2) is 59.7 Å². The van der Waals surface area contributed by atoms with Crippen molar-refractivity contribution in [2.24, 2.45) is 5.84 Å². The highest BCUT2D eigenvalue weighted by Gasteiger charge is 2.06. The maximum absolute atomic E-state index is 12.4. The smallest absolute Gasteiger partial charge is 0.258 e. The molecule has 3 N–H and O–H groups in total. The summed E-state index contributed by atoms with van der Waals surface area (Å²) in [5, 5.41) is 1.65. The molecule has 0 aliphatic carbocycles. The Morgan fingerprint density at radius 1 is 1.15 bits per heavy atom. The number of nitrogens with two attached hydrogens (primary N) is 1. The molecule has 3 rings (SSSR count). The number of nitrogens with one attached hydrogen (secondary N) is 1. The highest BCUT2D eigenvalue weighted by Crippen LogP contribution is 2.13. The Kier molecular flexibility index (Phi) is 3.18. The normalized spacial score (nSPS) is 10.7. The van der Waals surface area contributed by atoms with Crippen LogP contribution in [0.3, 0.4) is 0 Å². The highest BCUT2D eigenvalue weighted by atomic mass is 16.1. The van der Waals surface area contributed by atoms with Gasteiger partial charge in [-0.15, -0.1) is 0 Å². The van der Waals surface area contributed by atoms with Crippen molar-refractivity contribution in [3.63, 3.8) is 0 Å². The number of fused-ring (bicyclic) bond motifs is 1. The largest absolute Gasteiger partial charge is 0.310 e. The van der Waals surface area contributed by atoms with Crippen LogP contribution in [0.4, 0.5) is 5.82 Å². The van der Waals surface area contributed by atoms with Crippen LogP contribution in [-0.2, 0) is 6.54 Å². The molecule has 100 valence electrons. The van der Waals surface area contributed by atoms with E-state index in [-0.39, 0.29) is 5.56 Å². The van der Waals surface area contributed by atoms with Gasteiger partial charge < -0.3 is 9.99 Å². The molecule has 1 aromatic carbocycles. The molecule has 0 saturated heterocycles. The monoisotopic (exact) mass is 266 g/mol. The number of aromatic nitrogens is 2. The van der Waals surface area contributed by atoms with Crippen LogP contribution in [0.5, 0.6) is 0 Å². The number of benzene rings is 1. The molecule has 0 aliphatic heterocycles. The Morgan fingerprint density at radius 2 is 2.00 bits per heavy atom. The zero-order valence-corrected chi connectivity index (χ0v) is 10.8. The van der Waals surface area contributed by atoms with Gasteiger partial charge in [-0.3, -0.25) is 4.79 Å². The lowest BCUT2D eigenvalue weighted by molar-refractivity contribution is 0.765. The first-order chi connectivity index (χ1) is 9.79. The number of rotatable bonds is 3. The molecule has 0 fully saturated rings. The number of hydrogen-bond acceptors (Lipinski definition) is 4. The standard InChI is InChI=1S/C15H14N4O/c16-18-14-12(5-3-8-17-14)10-19-9-7-11-4-1-2-6-13(11)15(19)20/h1-9H,10,16H2,(H,17,18). The number of nitrogen functional groups attached to an aromatic ring is 1. The second kappa shape index (κ2) is 5.14. The van der Waals surface area contributed by atoms with Crippen LogP contribution < -0.4 is 16.8 Å². The van der Waals surface area contributed by atoms with Gasteiger partial charge in [-0.25, -0.2) is 10.8 Å². The first-order valence-electron chi connectivity index (χ1n) is 6.28. The van der Waals surface area contributed by atoms with Crippen LogP contribution in [0.25, 0.3) is 10.8 Å². The third kappa shape index (κ3) is 2.15. The maximum atomic E-state index is 12.4. The Bertz CT molecular complexity index is 810. The fourth-order valence-corrected chi connectivity index (χ4v) is 2.23. The van der Waals surface area contributed by atoms with Gasteiger partial charge in [0.1, 0.15) is 5.82 Å². The van der Waals surface area contributed by atoms with E-state index in [9.17, 15) is 4.79 Å². The second-order valence-corrected chi connectivity index (χ2v) is 4.49. The van der Waals surface area contributed by atoms with Crippen molar-refractivity contribution in [2.75, 3.05) is 5.43 Å². The zero-order valence-electron chi connectivity index (χ0n) is 10.8. The zero-order chi connectivity index (χ0) is 13.9. The molecular formula is C15H14N4O. The van der Waals surface area contributed by atoms with Gasteiger partial charge in [0.25, 0.3) is 5.56 Å². The van der Waals surface area contributed by atoms with Crippen LogP contribution >= 0.6 is 0 Å². The summed E-state index contributed by atoms with van der Waals surface area (Å²) < 4.78 is 1.65. The van der Waals surface area contributed by atoms with E-state index in [0.717, 1.165) is 10.9 Å². The summed E-state index contributed by atoms with van der Waals surface area (Å²) in [7, 11) is 0. The van der Waals surface area contributed by atoms with E-state index in [1.807, 2.05) is 42.5 Å². The molecule has 5 nitrogen and oxygen atoms in total. The fraction of sp³-hybridized carbons (Fsp3) is 0.0667. The summed E-state index contributed by atoms with van der Waals surface area (Å²) in [6.45, 7) is 0.428. The molecule has 0 atom stereocenters. The Labute approximate surface area is 115 Å². The number of hydrazine groups is 1. The summed E-state index contributed by atoms with van der Waals surface area (Å²) in [4.78, 5) is 16.6. The lowest BCUT2D eigenvalue weighted by Crippen LogP contribution is -2.21. The summed E-state index contributed by atoms with van der Waals surface area (Å²) in [5.41, 5.74) is 3.40. The van der Waals surface area contributed by atoms with Crippen molar-refractivity contribution in [3.8, 4) is 0 Å². The topological polar surface area (TPSA) is 72.9 Å². The van der Waals surface area contributed by atoms with E-state index in [1.54, 1.807) is 17.0 Å². The predicted molar refractivity (Wildman–Crippen MR) is 79.4 cm³/mol. The van der Waals surface area contributed by atoms with Gasteiger partial charge in [-0.1, -0.05) is 24.3 Å². The van der Waals surface area contributed by atoms with E-state index >= 15 is 0 Å². The van der Waals surface area contributed by atoms with E-state index in [4.69, 9.17) is 5.84 Å². The Morgan fingerprint density at radius 3 is 2.85 bits per heavy atom. The van der Waals surface area contributed by atoms with Crippen LogP contribution in [0.1, 0.15) is 5.56 Å². The fourth-order valence-electron chi connectivity index (χ4n) is 2.23. The third-order valence-corrected chi connectivity index (χ3v) is 3.25. The predicted octanol–water partition coefficient (Wildman–Crippen LogP) is 1.73. The van der Waals surface area contributed by atoms with E-state index < -0.39 is 0 Å². The molecule has 0 aliphatic rings. The molecule has 0 spiro atoms. The summed E-state index contributed by atoms with van der Waals surface area (Å²) >= 11 is 0. The highest BCUT2D eigenvalue weighted by molar-refractivity contribution is 5.81. The number of anilines is 1. The summed E-state index contributed by atoms with van der Waals surface area (Å²) in [6, 6.07) is 13.2. The molecule has 5 heteroatoms. The summed E-state index contributed by atoms with van der Waals surface area (Å²) in [5.74, 6) is 6.01. The third-order valence-electron chi connectivity index (χ3n) is 3.25. The number of hydrogen-bond donors (Lipinski definition) is 2. The molecule has 3 aromatic rings. The van der Waals surface area contributed by atoms with Gasteiger partial charge >= 0.3 is 0 Å². The van der Waals surface area contributed by atoms with Crippen molar-refractivity contribution in [3.05, 3.63) is 70.8 Å². The lowest BCUT2D eigenvalue weighted by atomic mass is 10.1. The molecule has 2 aromatic heterocycles. The Hall–Kier alpha value is -2.66. The van der Waals surface area contributed by atoms with E-state index in [1.165, 1.54) is 0 Å². The average Bonchev–Trinajstić information content (AvgIpc) is 2.51. The quantitative estimate of drug-likeness (QED) is 0.559. The van der Waals surface area contributed by atoms with Gasteiger partial charge in [0.15, 0.2) is 0 Å². The van der Waals surface area contributed by atoms with Gasteiger partial charge in [-0.05, 0) is 23.6 Å². The second-order valence-electron chi connectivity index (χ2n) is 4.49. The van der Waals surface area contributed by atoms with Crippen molar-refractivity contribution in [1.82, 2.24) is 9.55 Å². The van der Waals surface area contributed by atoms with Crippen LogP contribution in [0.2, 0.25) is 0 Å². The van der Waals surface area contributed by atoms with Crippen molar-refractivity contribution in [2.45, 2.75) is 6.54 Å². The van der Waals surface area contributed by atoms with Crippen molar-refractivity contribution >= 4 is 16.6 Å². The van der Waals surface area contributed by atoms with Gasteiger partial charge in [0.05, 0.1) is 6.54 Å². The maximum Gasteiger partial charge on any atom is 0.258 e. The lowest BCUT2D eigenvalue weighted by Gasteiger charge is -2.10. The molecule has 0 amide bonds. The molecule has 2 heterocycles. The first kappa shape index (κ1) is 12.4. The SMILES string of the molecule is NNc1ncccc1Cn1ccc2ccccc2c1=O. The van der Waals surface area contributed by atoms with Gasteiger partial charge in [0.2, 0.25) is 0 Å². The molecule has 0 radical (unpaired) electrons. The van der Waals surface area contributed by atoms with Crippen LogP contribution in [0, 0.1) is 0 Å². The van der Waals surface area contributed by atoms with Gasteiger partial charge in [-0.2, -0.15) is 0 Å². The van der Waals surface area contributed by atoms with Crippen molar-refractivity contribution in [1.29, 1.82) is 0 Å². The molecule has 20 heavy (non-hydrogen) atoms. The minimum Gasteiger partial charge on any atom is -0.310 e. The molecule has 0 saturated carbocycles. The van der Waals surface area contributed by atoms with Gasteiger partial charge in [0, 0.05) is 23.3 Å². The summed E-state index contributed by atoms with van der Waals surface area (Å²) in [6.07, 6.45) is 3.44. The first-order valence-corrected chi connectivity index (χ1v) is 6.28. The van der Waals surface area contributed by atoms with Crippen molar-refractivity contribution < 1.29 is 0 Å².